The highest BCUT2D eigenvalue weighted by atomic mass is 32.1. The topological polar surface area (TPSA) is 67.2 Å². The Morgan fingerprint density at radius 1 is 1.27 bits per heavy atom. The monoisotopic (exact) mass is 442 g/mol. The van der Waals surface area contributed by atoms with Crippen LogP contribution in [-0.4, -0.2) is 55.1 Å². The van der Waals surface area contributed by atoms with Crippen LogP contribution in [0.4, 0.5) is 0 Å². The zero-order chi connectivity index (χ0) is 20.7. The van der Waals surface area contributed by atoms with Crippen LogP contribution in [0.3, 0.4) is 0 Å². The Balaban J connectivity index is 1.45. The molecule has 30 heavy (non-hydrogen) atoms. The molecule has 5 rings (SSSR count). The Bertz CT molecular complexity index is 1030. The normalized spacial score (nSPS) is 24.9. The molecule has 3 aromatic heterocycles. The molecule has 0 aliphatic carbocycles. The first-order valence-corrected chi connectivity index (χ1v) is 12.1. The number of amides is 1. The third kappa shape index (κ3) is 3.48. The van der Waals surface area contributed by atoms with Crippen LogP contribution >= 0.6 is 22.7 Å². The van der Waals surface area contributed by atoms with E-state index in [9.17, 15) is 4.79 Å². The van der Waals surface area contributed by atoms with Crippen molar-refractivity contribution in [3.05, 3.63) is 50.6 Å². The van der Waals surface area contributed by atoms with Gasteiger partial charge in [-0.05, 0) is 25.8 Å². The van der Waals surface area contributed by atoms with Crippen LogP contribution < -0.4 is 0 Å². The van der Waals surface area contributed by atoms with Gasteiger partial charge in [-0.25, -0.2) is 9.97 Å². The Morgan fingerprint density at radius 3 is 2.87 bits per heavy atom. The molecule has 0 saturated carbocycles. The van der Waals surface area contributed by atoms with Crippen molar-refractivity contribution in [2.75, 3.05) is 19.6 Å². The maximum absolute atomic E-state index is 14.0. The van der Waals surface area contributed by atoms with E-state index in [4.69, 9.17) is 0 Å². The van der Waals surface area contributed by atoms with E-state index in [1.807, 2.05) is 41.3 Å². The van der Waals surface area contributed by atoms with E-state index < -0.39 is 5.41 Å². The highest BCUT2D eigenvalue weighted by Crippen LogP contribution is 2.49. The number of aromatic nitrogens is 4. The largest absolute Gasteiger partial charge is 0.336 e. The molecule has 0 bridgehead atoms. The summed E-state index contributed by atoms with van der Waals surface area (Å²) in [6, 6.07) is 2.08. The van der Waals surface area contributed by atoms with Gasteiger partial charge in [0.05, 0.1) is 29.2 Å². The molecule has 3 aromatic rings. The van der Waals surface area contributed by atoms with E-state index in [1.165, 1.54) is 0 Å². The SMILES string of the molecule is Cc1nc(CN2CCC[C@]3(CN(Cc4nccs4)C[C@H]3c3ccnn3C)C2=O)cs1. The van der Waals surface area contributed by atoms with Gasteiger partial charge in [0.15, 0.2) is 0 Å². The van der Waals surface area contributed by atoms with Crippen LogP contribution in [0.15, 0.2) is 29.2 Å². The summed E-state index contributed by atoms with van der Waals surface area (Å²) in [4.78, 5) is 27.5. The number of hydrogen-bond acceptors (Lipinski definition) is 7. The maximum atomic E-state index is 14.0. The molecule has 9 heteroatoms. The smallest absolute Gasteiger partial charge is 0.231 e. The highest BCUT2D eigenvalue weighted by molar-refractivity contribution is 7.09. The summed E-state index contributed by atoms with van der Waals surface area (Å²) in [7, 11) is 1.98. The van der Waals surface area contributed by atoms with Crippen molar-refractivity contribution in [2.24, 2.45) is 12.5 Å². The average Bonchev–Trinajstić information content (AvgIpc) is 3.50. The lowest BCUT2D eigenvalue weighted by Crippen LogP contribution is -2.52. The maximum Gasteiger partial charge on any atom is 0.231 e. The Labute approximate surface area is 184 Å². The molecule has 158 valence electrons. The summed E-state index contributed by atoms with van der Waals surface area (Å²) >= 11 is 3.33. The van der Waals surface area contributed by atoms with Crippen molar-refractivity contribution in [3.63, 3.8) is 0 Å². The first-order valence-electron chi connectivity index (χ1n) is 10.3. The number of aryl methyl sites for hydroxylation is 2. The fourth-order valence-electron chi connectivity index (χ4n) is 5.16. The zero-order valence-electron chi connectivity index (χ0n) is 17.3. The van der Waals surface area contributed by atoms with Crippen molar-refractivity contribution in [1.29, 1.82) is 0 Å². The first-order chi connectivity index (χ1) is 14.5. The fourth-order valence-corrected chi connectivity index (χ4v) is 6.42. The molecule has 1 amide bonds. The number of thiazole rings is 2. The van der Waals surface area contributed by atoms with Gasteiger partial charge in [0.1, 0.15) is 5.01 Å². The van der Waals surface area contributed by atoms with Gasteiger partial charge in [0.2, 0.25) is 5.91 Å². The van der Waals surface area contributed by atoms with E-state index in [0.29, 0.717) is 6.54 Å². The number of carbonyl (C=O) groups is 1. The minimum absolute atomic E-state index is 0.137. The minimum atomic E-state index is -0.408. The number of hydrogen-bond donors (Lipinski definition) is 0. The molecule has 2 saturated heterocycles. The number of likely N-dealkylation sites (tertiary alicyclic amines) is 2. The van der Waals surface area contributed by atoms with Gasteiger partial charge in [0, 0.05) is 61.4 Å². The molecular formula is C21H26N6OS2. The van der Waals surface area contributed by atoms with Crippen molar-refractivity contribution < 1.29 is 4.79 Å². The molecular weight excluding hydrogens is 416 g/mol. The summed E-state index contributed by atoms with van der Waals surface area (Å²) in [5.41, 5.74) is 1.74. The summed E-state index contributed by atoms with van der Waals surface area (Å²) in [5.74, 6) is 0.407. The molecule has 0 unspecified atom stereocenters. The number of rotatable bonds is 5. The Kier molecular flexibility index (Phi) is 5.20. The van der Waals surface area contributed by atoms with E-state index in [-0.39, 0.29) is 11.8 Å². The van der Waals surface area contributed by atoms with Crippen LogP contribution in [0.5, 0.6) is 0 Å². The second-order valence-corrected chi connectivity index (χ2v) is 10.4. The molecule has 0 radical (unpaired) electrons. The first kappa shape index (κ1) is 19.8. The van der Waals surface area contributed by atoms with Gasteiger partial charge in [0.25, 0.3) is 0 Å². The van der Waals surface area contributed by atoms with Gasteiger partial charge in [-0.1, -0.05) is 0 Å². The Hall–Kier alpha value is -2.10. The fraction of sp³-hybridized carbons (Fsp3) is 0.524. The number of nitrogens with zero attached hydrogens (tertiary/aromatic N) is 6. The molecule has 0 N–H and O–H groups in total. The lowest BCUT2D eigenvalue weighted by atomic mass is 9.70. The van der Waals surface area contributed by atoms with Crippen molar-refractivity contribution in [1.82, 2.24) is 29.5 Å². The standard InChI is InChI=1S/C21H26N6OS2/c1-15-24-16(13-30-15)10-27-8-3-5-21(20(27)28)14-26(12-19-22-7-9-29-19)11-17(21)18-4-6-23-25(18)2/h4,6-7,9,13,17H,3,5,8,10-12,14H2,1-2H3/t17-,21+/m0/s1. The summed E-state index contributed by atoms with van der Waals surface area (Å²) < 4.78 is 1.94. The van der Waals surface area contributed by atoms with Crippen LogP contribution in [0.1, 0.15) is 40.2 Å². The summed E-state index contributed by atoms with van der Waals surface area (Å²) in [6.07, 6.45) is 5.64. The number of carbonyl (C=O) groups excluding carboxylic acids is 1. The predicted molar refractivity (Wildman–Crippen MR) is 117 cm³/mol. The third-order valence-electron chi connectivity index (χ3n) is 6.46. The van der Waals surface area contributed by atoms with Gasteiger partial charge in [-0.15, -0.1) is 22.7 Å². The van der Waals surface area contributed by atoms with Gasteiger partial charge >= 0.3 is 0 Å². The van der Waals surface area contributed by atoms with E-state index in [2.05, 4.69) is 31.4 Å². The van der Waals surface area contributed by atoms with E-state index in [1.54, 1.807) is 22.7 Å². The van der Waals surface area contributed by atoms with E-state index in [0.717, 1.165) is 60.4 Å². The van der Waals surface area contributed by atoms with Crippen molar-refractivity contribution in [2.45, 2.75) is 38.8 Å². The quantitative estimate of drug-likeness (QED) is 0.608. The zero-order valence-corrected chi connectivity index (χ0v) is 19.0. The predicted octanol–water partition coefficient (Wildman–Crippen LogP) is 3.05. The molecule has 2 aliphatic rings. The molecule has 5 heterocycles. The average molecular weight is 443 g/mol. The highest BCUT2D eigenvalue weighted by Gasteiger charge is 2.55. The molecule has 7 nitrogen and oxygen atoms in total. The second kappa shape index (κ2) is 7.86. The molecule has 2 fully saturated rings. The molecule has 2 atom stereocenters. The Morgan fingerprint density at radius 2 is 2.17 bits per heavy atom. The second-order valence-electron chi connectivity index (χ2n) is 8.37. The van der Waals surface area contributed by atoms with Crippen molar-refractivity contribution in [3.8, 4) is 0 Å². The minimum Gasteiger partial charge on any atom is -0.336 e. The lowest BCUT2D eigenvalue weighted by molar-refractivity contribution is -0.147. The molecule has 1 spiro atoms. The van der Waals surface area contributed by atoms with Crippen molar-refractivity contribution >= 4 is 28.6 Å². The van der Waals surface area contributed by atoms with Gasteiger partial charge < -0.3 is 4.90 Å². The lowest BCUT2D eigenvalue weighted by Gasteiger charge is -2.42. The van der Waals surface area contributed by atoms with Crippen LogP contribution in [0.25, 0.3) is 0 Å². The number of piperidine rings is 1. The third-order valence-corrected chi connectivity index (χ3v) is 8.04. The van der Waals surface area contributed by atoms with Gasteiger partial charge in [-0.3, -0.25) is 14.4 Å². The van der Waals surface area contributed by atoms with Crippen LogP contribution in [0.2, 0.25) is 0 Å². The summed E-state index contributed by atoms with van der Waals surface area (Å²) in [6.45, 7) is 5.85. The van der Waals surface area contributed by atoms with Crippen LogP contribution in [0, 0.1) is 12.3 Å². The van der Waals surface area contributed by atoms with Crippen LogP contribution in [-0.2, 0) is 24.9 Å². The molecule has 0 aromatic carbocycles. The summed E-state index contributed by atoms with van der Waals surface area (Å²) in [5, 5.41) is 10.7. The van der Waals surface area contributed by atoms with Gasteiger partial charge in [-0.2, -0.15) is 5.10 Å². The molecule has 2 aliphatic heterocycles. The van der Waals surface area contributed by atoms with E-state index >= 15 is 0 Å².